The number of carbonyl (C=O) groups excluding carboxylic acids is 1. The molecule has 1 aliphatic heterocycles. The highest BCUT2D eigenvalue weighted by atomic mass is 32.1. The van der Waals surface area contributed by atoms with Crippen LogP contribution in [0, 0.1) is 6.92 Å². The number of nitrogens with zero attached hydrogens (tertiary/aromatic N) is 3. The first-order chi connectivity index (χ1) is 12.7. The second-order valence-electron chi connectivity index (χ2n) is 6.63. The van der Waals surface area contributed by atoms with Crippen molar-refractivity contribution in [3.8, 4) is 10.7 Å². The Hall–Kier alpha value is -2.53. The summed E-state index contributed by atoms with van der Waals surface area (Å²) in [6.45, 7) is 2.74. The molecule has 1 saturated heterocycles. The number of likely N-dealkylation sites (tertiary alicyclic amines) is 1. The first-order valence-corrected chi connectivity index (χ1v) is 9.78. The maximum atomic E-state index is 13.2. The summed E-state index contributed by atoms with van der Waals surface area (Å²) in [5, 5.41) is 0.810. The molecule has 1 aromatic carbocycles. The summed E-state index contributed by atoms with van der Waals surface area (Å²) < 4.78 is 0. The van der Waals surface area contributed by atoms with E-state index >= 15 is 0 Å². The third kappa shape index (κ3) is 3.40. The maximum absolute atomic E-state index is 13.2. The van der Waals surface area contributed by atoms with Gasteiger partial charge in [-0.3, -0.25) is 9.78 Å². The predicted octanol–water partition coefficient (Wildman–Crippen LogP) is 4.36. The third-order valence-corrected chi connectivity index (χ3v) is 5.99. The van der Waals surface area contributed by atoms with Gasteiger partial charge in [-0.25, -0.2) is 4.98 Å². The number of carbonyl (C=O) groups is 1. The molecule has 0 radical (unpaired) electrons. The van der Waals surface area contributed by atoms with Gasteiger partial charge in [0.1, 0.15) is 9.88 Å². The number of pyridine rings is 1. The zero-order chi connectivity index (χ0) is 17.9. The van der Waals surface area contributed by atoms with Gasteiger partial charge in [0.25, 0.3) is 5.91 Å². The number of rotatable bonds is 4. The van der Waals surface area contributed by atoms with Gasteiger partial charge in [0.2, 0.25) is 0 Å². The number of amides is 1. The van der Waals surface area contributed by atoms with Crippen LogP contribution in [0.3, 0.4) is 0 Å². The summed E-state index contributed by atoms with van der Waals surface area (Å²) in [7, 11) is 0. The van der Waals surface area contributed by atoms with E-state index in [1.54, 1.807) is 6.20 Å². The van der Waals surface area contributed by atoms with Crippen LogP contribution in [0.2, 0.25) is 0 Å². The van der Waals surface area contributed by atoms with E-state index in [0.717, 1.165) is 47.1 Å². The summed E-state index contributed by atoms with van der Waals surface area (Å²) in [6, 6.07) is 16.4. The second kappa shape index (κ2) is 7.38. The van der Waals surface area contributed by atoms with E-state index in [1.807, 2.05) is 36.1 Å². The molecule has 0 bridgehead atoms. The van der Waals surface area contributed by atoms with Gasteiger partial charge < -0.3 is 4.90 Å². The van der Waals surface area contributed by atoms with Crippen LogP contribution in [0.25, 0.3) is 10.7 Å². The normalized spacial score (nSPS) is 16.8. The zero-order valence-corrected chi connectivity index (χ0v) is 15.6. The molecule has 0 aliphatic carbocycles. The molecule has 4 nitrogen and oxygen atoms in total. The number of hydrogen-bond acceptors (Lipinski definition) is 4. The smallest absolute Gasteiger partial charge is 0.266 e. The minimum atomic E-state index is 0.112. The standard InChI is InChI=1S/C21H21N3OS/c1-15-19(26-20(23-15)18-11-5-6-12-22-18)21(25)24-13-7-10-17(24)14-16-8-3-2-4-9-16/h2-6,8-9,11-12,17H,7,10,13-14H2,1H3. The molecule has 132 valence electrons. The van der Waals surface area contributed by atoms with Crippen molar-refractivity contribution in [2.45, 2.75) is 32.2 Å². The van der Waals surface area contributed by atoms with Crippen LogP contribution in [-0.4, -0.2) is 33.4 Å². The Labute approximate surface area is 157 Å². The Morgan fingerprint density at radius 1 is 1.19 bits per heavy atom. The van der Waals surface area contributed by atoms with E-state index in [9.17, 15) is 4.79 Å². The van der Waals surface area contributed by atoms with Crippen molar-refractivity contribution in [1.82, 2.24) is 14.9 Å². The molecule has 5 heteroatoms. The van der Waals surface area contributed by atoms with Crippen molar-refractivity contribution < 1.29 is 4.79 Å². The van der Waals surface area contributed by atoms with Gasteiger partial charge in [0.15, 0.2) is 0 Å². The average molecular weight is 363 g/mol. The third-order valence-electron chi connectivity index (χ3n) is 4.83. The van der Waals surface area contributed by atoms with Crippen molar-refractivity contribution >= 4 is 17.2 Å². The van der Waals surface area contributed by atoms with Gasteiger partial charge in [0, 0.05) is 18.8 Å². The summed E-state index contributed by atoms with van der Waals surface area (Å²) in [6.07, 6.45) is 4.79. The Morgan fingerprint density at radius 3 is 2.77 bits per heavy atom. The lowest BCUT2D eigenvalue weighted by Crippen LogP contribution is -2.36. The molecule has 1 atom stereocenters. The second-order valence-corrected chi connectivity index (χ2v) is 7.63. The van der Waals surface area contributed by atoms with Crippen LogP contribution in [0.15, 0.2) is 54.7 Å². The fourth-order valence-electron chi connectivity index (χ4n) is 3.53. The minimum absolute atomic E-state index is 0.112. The molecular weight excluding hydrogens is 342 g/mol. The van der Waals surface area contributed by atoms with Crippen LogP contribution >= 0.6 is 11.3 Å². The highest BCUT2D eigenvalue weighted by Gasteiger charge is 2.31. The molecule has 1 fully saturated rings. The van der Waals surface area contributed by atoms with Crippen molar-refractivity contribution in [2.24, 2.45) is 0 Å². The van der Waals surface area contributed by atoms with Crippen molar-refractivity contribution in [3.63, 3.8) is 0 Å². The molecule has 26 heavy (non-hydrogen) atoms. The van der Waals surface area contributed by atoms with E-state index in [2.05, 4.69) is 34.2 Å². The Kier molecular flexibility index (Phi) is 4.80. The molecule has 0 saturated carbocycles. The van der Waals surface area contributed by atoms with E-state index in [1.165, 1.54) is 16.9 Å². The molecule has 0 N–H and O–H groups in total. The lowest BCUT2D eigenvalue weighted by Gasteiger charge is -2.24. The van der Waals surface area contributed by atoms with Crippen LogP contribution in [0.4, 0.5) is 0 Å². The van der Waals surface area contributed by atoms with Gasteiger partial charge in [-0.2, -0.15) is 0 Å². The number of benzene rings is 1. The van der Waals surface area contributed by atoms with Gasteiger partial charge in [0.05, 0.1) is 11.4 Å². The van der Waals surface area contributed by atoms with Gasteiger partial charge in [-0.1, -0.05) is 36.4 Å². The van der Waals surface area contributed by atoms with Crippen molar-refractivity contribution in [3.05, 3.63) is 70.9 Å². The maximum Gasteiger partial charge on any atom is 0.266 e. The molecule has 4 rings (SSSR count). The minimum Gasteiger partial charge on any atom is -0.335 e. The summed E-state index contributed by atoms with van der Waals surface area (Å²) >= 11 is 1.45. The summed E-state index contributed by atoms with van der Waals surface area (Å²) in [5.74, 6) is 0.112. The fraction of sp³-hybridized carbons (Fsp3) is 0.286. The van der Waals surface area contributed by atoms with Crippen LogP contribution in [-0.2, 0) is 6.42 Å². The lowest BCUT2D eigenvalue weighted by molar-refractivity contribution is 0.0740. The van der Waals surface area contributed by atoms with Gasteiger partial charge >= 0.3 is 0 Å². The number of thiazole rings is 1. The van der Waals surface area contributed by atoms with Crippen LogP contribution in [0.1, 0.15) is 33.8 Å². The van der Waals surface area contributed by atoms with E-state index in [-0.39, 0.29) is 11.9 Å². The van der Waals surface area contributed by atoms with E-state index < -0.39 is 0 Å². The molecule has 1 aliphatic rings. The fourth-order valence-corrected chi connectivity index (χ4v) is 4.52. The van der Waals surface area contributed by atoms with E-state index in [4.69, 9.17) is 0 Å². The topological polar surface area (TPSA) is 46.1 Å². The highest BCUT2D eigenvalue weighted by Crippen LogP contribution is 2.30. The Bertz CT molecular complexity index is 892. The van der Waals surface area contributed by atoms with Crippen LogP contribution in [0.5, 0.6) is 0 Å². The zero-order valence-electron chi connectivity index (χ0n) is 14.8. The lowest BCUT2D eigenvalue weighted by atomic mass is 10.0. The largest absolute Gasteiger partial charge is 0.335 e. The molecule has 2 aromatic heterocycles. The Balaban J connectivity index is 1.56. The molecule has 3 aromatic rings. The molecule has 3 heterocycles. The molecule has 1 amide bonds. The van der Waals surface area contributed by atoms with Gasteiger partial charge in [-0.05, 0) is 43.9 Å². The first kappa shape index (κ1) is 16.9. The number of hydrogen-bond donors (Lipinski definition) is 0. The first-order valence-electron chi connectivity index (χ1n) is 8.96. The molecule has 0 spiro atoms. The summed E-state index contributed by atoms with van der Waals surface area (Å²) in [4.78, 5) is 24.9. The quantitative estimate of drug-likeness (QED) is 0.692. The predicted molar refractivity (Wildman–Crippen MR) is 104 cm³/mol. The highest BCUT2D eigenvalue weighted by molar-refractivity contribution is 7.17. The average Bonchev–Trinajstić information content (AvgIpc) is 3.29. The number of aromatic nitrogens is 2. The number of aryl methyl sites for hydroxylation is 1. The molecule has 1 unspecified atom stereocenters. The van der Waals surface area contributed by atoms with Gasteiger partial charge in [-0.15, -0.1) is 11.3 Å². The molecular formula is C21H21N3OS. The SMILES string of the molecule is Cc1nc(-c2ccccn2)sc1C(=O)N1CCCC1Cc1ccccc1. The van der Waals surface area contributed by atoms with Crippen molar-refractivity contribution in [1.29, 1.82) is 0 Å². The van der Waals surface area contributed by atoms with Crippen molar-refractivity contribution in [2.75, 3.05) is 6.54 Å². The monoisotopic (exact) mass is 363 g/mol. The van der Waals surface area contributed by atoms with Crippen LogP contribution < -0.4 is 0 Å². The summed E-state index contributed by atoms with van der Waals surface area (Å²) in [5.41, 5.74) is 2.90. The Morgan fingerprint density at radius 2 is 2.00 bits per heavy atom. The van der Waals surface area contributed by atoms with E-state index in [0.29, 0.717) is 0 Å².